The lowest BCUT2D eigenvalue weighted by Crippen LogP contribution is -2.33. The van der Waals surface area contributed by atoms with Gasteiger partial charge in [-0.3, -0.25) is 4.79 Å². The van der Waals surface area contributed by atoms with E-state index in [0.717, 1.165) is 24.4 Å². The summed E-state index contributed by atoms with van der Waals surface area (Å²) in [6.07, 6.45) is 9.22. The maximum Gasteiger partial charge on any atom is 0.257 e. The van der Waals surface area contributed by atoms with Crippen LogP contribution in [0.5, 0.6) is 0 Å². The summed E-state index contributed by atoms with van der Waals surface area (Å²) >= 11 is 0. The zero-order chi connectivity index (χ0) is 16.5. The van der Waals surface area contributed by atoms with Crippen LogP contribution in [-0.4, -0.2) is 36.2 Å². The average Bonchev–Trinajstić information content (AvgIpc) is 3.18. The van der Waals surface area contributed by atoms with Crippen LogP contribution in [0.2, 0.25) is 0 Å². The fraction of sp³-hybridized carbons (Fsp3) is 0.278. The third-order valence-electron chi connectivity index (χ3n) is 4.33. The molecule has 6 nitrogen and oxygen atoms in total. The van der Waals surface area contributed by atoms with Crippen molar-refractivity contribution in [3.8, 4) is 5.69 Å². The number of aryl methyl sites for hydroxylation is 1. The van der Waals surface area contributed by atoms with Gasteiger partial charge in [0.2, 0.25) is 0 Å². The molecule has 0 radical (unpaired) electrons. The van der Waals surface area contributed by atoms with Crippen LogP contribution in [-0.2, 0) is 13.6 Å². The van der Waals surface area contributed by atoms with Gasteiger partial charge >= 0.3 is 0 Å². The molecule has 1 aliphatic carbocycles. The van der Waals surface area contributed by atoms with Crippen molar-refractivity contribution in [2.24, 2.45) is 7.05 Å². The maximum absolute atomic E-state index is 12.9. The van der Waals surface area contributed by atoms with Crippen LogP contribution in [0.4, 0.5) is 0 Å². The minimum Gasteiger partial charge on any atom is -0.337 e. The number of benzene rings is 1. The minimum atomic E-state index is 0.0164. The molecule has 0 atom stereocenters. The van der Waals surface area contributed by atoms with Crippen molar-refractivity contribution in [1.29, 1.82) is 0 Å². The number of carbonyl (C=O) groups excluding carboxylic acids is 1. The summed E-state index contributed by atoms with van der Waals surface area (Å²) in [5.41, 5.74) is 1.55. The Morgan fingerprint density at radius 2 is 2.08 bits per heavy atom. The van der Waals surface area contributed by atoms with Crippen LogP contribution in [0, 0.1) is 0 Å². The molecule has 1 saturated carbocycles. The quantitative estimate of drug-likeness (QED) is 0.725. The van der Waals surface area contributed by atoms with Gasteiger partial charge in [0, 0.05) is 31.7 Å². The van der Waals surface area contributed by atoms with Crippen molar-refractivity contribution < 1.29 is 4.79 Å². The highest BCUT2D eigenvalue weighted by atomic mass is 16.2. The van der Waals surface area contributed by atoms with Crippen LogP contribution >= 0.6 is 0 Å². The van der Waals surface area contributed by atoms with E-state index in [-0.39, 0.29) is 5.91 Å². The second-order valence-corrected chi connectivity index (χ2v) is 6.13. The maximum atomic E-state index is 12.9. The largest absolute Gasteiger partial charge is 0.337 e. The van der Waals surface area contributed by atoms with Gasteiger partial charge in [0.25, 0.3) is 5.91 Å². The number of amides is 1. The summed E-state index contributed by atoms with van der Waals surface area (Å²) in [7, 11) is 1.95. The molecule has 1 fully saturated rings. The zero-order valence-electron chi connectivity index (χ0n) is 13.5. The third kappa shape index (κ3) is 2.82. The van der Waals surface area contributed by atoms with E-state index < -0.39 is 0 Å². The van der Waals surface area contributed by atoms with Crippen molar-refractivity contribution in [2.75, 3.05) is 0 Å². The number of hydrogen-bond acceptors (Lipinski definition) is 3. The number of nitrogens with zero attached hydrogens (tertiary/aromatic N) is 5. The first-order valence-corrected chi connectivity index (χ1v) is 8.09. The summed E-state index contributed by atoms with van der Waals surface area (Å²) in [5, 5.41) is 4.33. The summed E-state index contributed by atoms with van der Waals surface area (Å²) in [6, 6.07) is 10.1. The summed E-state index contributed by atoms with van der Waals surface area (Å²) in [5.74, 6) is 0.911. The van der Waals surface area contributed by atoms with Gasteiger partial charge in [-0.2, -0.15) is 5.10 Å². The molecule has 122 valence electrons. The van der Waals surface area contributed by atoms with Crippen LogP contribution in [0.15, 0.2) is 55.1 Å². The predicted octanol–water partition coefficient (Wildman–Crippen LogP) is 2.41. The molecule has 0 spiro atoms. The first-order chi connectivity index (χ1) is 11.7. The van der Waals surface area contributed by atoms with E-state index >= 15 is 0 Å². The Kier molecular flexibility index (Phi) is 3.65. The van der Waals surface area contributed by atoms with Crippen LogP contribution in [0.3, 0.4) is 0 Å². The number of para-hydroxylation sites is 1. The molecule has 6 heteroatoms. The minimum absolute atomic E-state index is 0.0164. The van der Waals surface area contributed by atoms with Crippen LogP contribution in [0.25, 0.3) is 5.69 Å². The smallest absolute Gasteiger partial charge is 0.257 e. The molecule has 2 aromatic heterocycles. The number of rotatable bonds is 5. The molecule has 24 heavy (non-hydrogen) atoms. The first kappa shape index (κ1) is 14.7. The van der Waals surface area contributed by atoms with Crippen LogP contribution < -0.4 is 0 Å². The second-order valence-electron chi connectivity index (χ2n) is 6.13. The molecule has 1 aliphatic rings. The van der Waals surface area contributed by atoms with Gasteiger partial charge in [-0.25, -0.2) is 9.67 Å². The van der Waals surface area contributed by atoms with Crippen molar-refractivity contribution in [3.05, 3.63) is 66.5 Å². The Morgan fingerprint density at radius 3 is 2.75 bits per heavy atom. The summed E-state index contributed by atoms with van der Waals surface area (Å²) in [4.78, 5) is 19.2. The topological polar surface area (TPSA) is 56.0 Å². The molecule has 0 aliphatic heterocycles. The van der Waals surface area contributed by atoms with Gasteiger partial charge in [0.15, 0.2) is 0 Å². The zero-order valence-corrected chi connectivity index (χ0v) is 13.5. The molecular formula is C18H19N5O. The fourth-order valence-electron chi connectivity index (χ4n) is 2.78. The summed E-state index contributed by atoms with van der Waals surface area (Å²) in [6.45, 7) is 0.531. The van der Waals surface area contributed by atoms with E-state index in [1.165, 1.54) is 0 Å². The van der Waals surface area contributed by atoms with Crippen molar-refractivity contribution in [1.82, 2.24) is 24.2 Å². The lowest BCUT2D eigenvalue weighted by atomic mass is 10.3. The Bertz CT molecular complexity index is 847. The van der Waals surface area contributed by atoms with E-state index in [1.54, 1.807) is 23.3 Å². The Balaban J connectivity index is 1.57. The molecule has 4 rings (SSSR count). The van der Waals surface area contributed by atoms with E-state index in [0.29, 0.717) is 18.2 Å². The van der Waals surface area contributed by atoms with Crippen molar-refractivity contribution in [2.45, 2.75) is 25.4 Å². The molecule has 1 amide bonds. The van der Waals surface area contributed by atoms with E-state index in [9.17, 15) is 4.79 Å². The summed E-state index contributed by atoms with van der Waals surface area (Å²) < 4.78 is 3.69. The van der Waals surface area contributed by atoms with Gasteiger partial charge in [0.1, 0.15) is 5.82 Å². The number of aromatic nitrogens is 4. The van der Waals surface area contributed by atoms with Gasteiger partial charge in [0.05, 0.1) is 24.0 Å². The Morgan fingerprint density at radius 1 is 1.29 bits per heavy atom. The second kappa shape index (κ2) is 5.96. The third-order valence-corrected chi connectivity index (χ3v) is 4.33. The molecule has 0 N–H and O–H groups in total. The highest BCUT2D eigenvalue weighted by Gasteiger charge is 2.34. The lowest BCUT2D eigenvalue weighted by molar-refractivity contribution is 0.0724. The van der Waals surface area contributed by atoms with Gasteiger partial charge < -0.3 is 9.47 Å². The average molecular weight is 321 g/mol. The van der Waals surface area contributed by atoms with Gasteiger partial charge in [-0.05, 0) is 25.0 Å². The number of carbonyl (C=O) groups is 1. The molecule has 0 saturated heterocycles. The lowest BCUT2D eigenvalue weighted by Gasteiger charge is -2.21. The monoisotopic (exact) mass is 321 g/mol. The first-order valence-electron chi connectivity index (χ1n) is 8.09. The highest BCUT2D eigenvalue weighted by molar-refractivity contribution is 5.94. The van der Waals surface area contributed by atoms with E-state index in [2.05, 4.69) is 10.1 Å². The number of hydrogen-bond donors (Lipinski definition) is 0. The van der Waals surface area contributed by atoms with Gasteiger partial charge in [-0.15, -0.1) is 0 Å². The number of imidazole rings is 1. The molecule has 2 heterocycles. The normalized spacial score (nSPS) is 13.9. The molecule has 0 unspecified atom stereocenters. The standard InChI is InChI=1S/C18H19N5O/c1-21-10-9-19-17(21)13-22(15-7-8-15)18(24)14-11-20-23(12-14)16-5-3-2-4-6-16/h2-6,9-12,15H,7-8,13H2,1H3. The molecule has 0 bridgehead atoms. The van der Waals surface area contributed by atoms with Crippen molar-refractivity contribution >= 4 is 5.91 Å². The van der Waals surface area contributed by atoms with Crippen LogP contribution in [0.1, 0.15) is 29.0 Å². The van der Waals surface area contributed by atoms with Crippen molar-refractivity contribution in [3.63, 3.8) is 0 Å². The molecule has 1 aromatic carbocycles. The van der Waals surface area contributed by atoms with E-state index in [4.69, 9.17) is 0 Å². The molecular weight excluding hydrogens is 302 g/mol. The van der Waals surface area contributed by atoms with E-state index in [1.807, 2.05) is 53.0 Å². The Labute approximate surface area is 140 Å². The fourth-order valence-corrected chi connectivity index (χ4v) is 2.78. The predicted molar refractivity (Wildman–Crippen MR) is 89.7 cm³/mol. The highest BCUT2D eigenvalue weighted by Crippen LogP contribution is 2.29. The SMILES string of the molecule is Cn1ccnc1CN(C(=O)c1cnn(-c2ccccc2)c1)C1CC1. The van der Waals surface area contributed by atoms with Gasteiger partial charge in [-0.1, -0.05) is 18.2 Å². The molecule has 3 aromatic rings. The Hall–Kier alpha value is -2.89.